The van der Waals surface area contributed by atoms with Crippen LogP contribution in [0.1, 0.15) is 0 Å². The molecule has 0 radical (unpaired) electrons. The van der Waals surface area contributed by atoms with Crippen LogP contribution in [0.5, 0.6) is 0 Å². The molecule has 1 amide bonds. The van der Waals surface area contributed by atoms with E-state index in [0.29, 0.717) is 6.54 Å². The molecule has 80 valence electrons. The van der Waals surface area contributed by atoms with Crippen LogP contribution >= 0.6 is 15.9 Å². The molecule has 1 unspecified atom stereocenters. The first-order chi connectivity index (χ1) is 6.65. The highest BCUT2D eigenvalue weighted by atomic mass is 79.9. The third-order valence-electron chi connectivity index (χ3n) is 2.28. The first-order valence-electron chi connectivity index (χ1n) is 4.64. The Morgan fingerprint density at radius 2 is 2.50 bits per heavy atom. The Morgan fingerprint density at radius 1 is 1.79 bits per heavy atom. The summed E-state index contributed by atoms with van der Waals surface area (Å²) in [5.74, 6) is 0.0611. The molecule has 1 heterocycles. The van der Waals surface area contributed by atoms with Crippen molar-refractivity contribution in [3.63, 3.8) is 0 Å². The molecule has 4 nitrogen and oxygen atoms in total. The number of halogens is 1. The van der Waals surface area contributed by atoms with Crippen molar-refractivity contribution >= 4 is 21.8 Å². The van der Waals surface area contributed by atoms with E-state index >= 15 is 0 Å². The summed E-state index contributed by atoms with van der Waals surface area (Å²) in [4.78, 5) is 13.6. The molecule has 0 bridgehead atoms. The number of nitrogens with one attached hydrogen (secondary N) is 2. The minimum Gasteiger partial charge on any atom is -0.358 e. The number of piperazine rings is 1. The van der Waals surface area contributed by atoms with Crippen LogP contribution in [0.4, 0.5) is 0 Å². The molecule has 0 aromatic heterocycles. The highest BCUT2D eigenvalue weighted by Crippen LogP contribution is 2.09. The molecular weight excluding hydrogens is 246 g/mol. The van der Waals surface area contributed by atoms with Crippen LogP contribution in [0.15, 0.2) is 11.1 Å². The number of nitrogens with zero attached hydrogens (tertiary/aromatic N) is 1. The summed E-state index contributed by atoms with van der Waals surface area (Å²) in [6.07, 6.45) is 0. The van der Waals surface area contributed by atoms with E-state index in [1.807, 2.05) is 0 Å². The molecule has 1 aliphatic rings. The average molecular weight is 262 g/mol. The lowest BCUT2D eigenvalue weighted by molar-refractivity contribution is -0.126. The van der Waals surface area contributed by atoms with E-state index in [4.69, 9.17) is 0 Å². The van der Waals surface area contributed by atoms with Crippen molar-refractivity contribution in [3.8, 4) is 0 Å². The predicted octanol–water partition coefficient (Wildman–Crippen LogP) is -0.0852. The molecule has 2 N–H and O–H groups in total. The second kappa shape index (κ2) is 5.48. The Morgan fingerprint density at radius 3 is 3.07 bits per heavy atom. The maximum atomic E-state index is 11.5. The maximum absolute atomic E-state index is 11.5. The molecule has 1 atom stereocenters. The normalized spacial score (nSPS) is 23.1. The highest BCUT2D eigenvalue weighted by Gasteiger charge is 2.27. The first kappa shape index (κ1) is 11.7. The van der Waals surface area contributed by atoms with Gasteiger partial charge in [-0.05, 0) is 0 Å². The number of carbonyl (C=O) groups excluding carboxylic acids is 1. The standard InChI is InChI=1S/C9H16BrN3O/c1-7(10)6-13-4-3-12-5-8(13)9(14)11-2/h8,12H,1,3-6H2,2H3,(H,11,14). The fraction of sp³-hybridized carbons (Fsp3) is 0.667. The van der Waals surface area contributed by atoms with Crippen LogP contribution in [0.3, 0.4) is 0 Å². The van der Waals surface area contributed by atoms with Gasteiger partial charge in [-0.2, -0.15) is 0 Å². The molecule has 0 spiro atoms. The number of hydrogen-bond acceptors (Lipinski definition) is 3. The van der Waals surface area contributed by atoms with E-state index in [2.05, 4.69) is 38.0 Å². The SMILES string of the molecule is C=C(Br)CN1CCNCC1C(=O)NC. The minimum atomic E-state index is -0.0805. The van der Waals surface area contributed by atoms with Crippen molar-refractivity contribution in [2.75, 3.05) is 33.2 Å². The molecule has 0 saturated carbocycles. The third kappa shape index (κ3) is 3.08. The van der Waals surface area contributed by atoms with Gasteiger partial charge in [0.2, 0.25) is 5.91 Å². The lowest BCUT2D eigenvalue weighted by atomic mass is 10.2. The maximum Gasteiger partial charge on any atom is 0.238 e. The van der Waals surface area contributed by atoms with Crippen molar-refractivity contribution in [1.82, 2.24) is 15.5 Å². The number of rotatable bonds is 3. The zero-order valence-corrected chi connectivity index (χ0v) is 9.93. The van der Waals surface area contributed by atoms with Gasteiger partial charge in [0.15, 0.2) is 0 Å². The topological polar surface area (TPSA) is 44.4 Å². The monoisotopic (exact) mass is 261 g/mol. The third-order valence-corrected chi connectivity index (χ3v) is 2.53. The predicted molar refractivity (Wildman–Crippen MR) is 60.4 cm³/mol. The summed E-state index contributed by atoms with van der Waals surface area (Å²) in [6, 6.07) is -0.0805. The van der Waals surface area contributed by atoms with E-state index in [1.54, 1.807) is 7.05 Å². The first-order valence-corrected chi connectivity index (χ1v) is 5.44. The Bertz CT molecular complexity index is 232. The van der Waals surface area contributed by atoms with Gasteiger partial charge in [-0.25, -0.2) is 0 Å². The van der Waals surface area contributed by atoms with Crippen molar-refractivity contribution in [2.45, 2.75) is 6.04 Å². The summed E-state index contributed by atoms with van der Waals surface area (Å²) in [5.41, 5.74) is 0. The van der Waals surface area contributed by atoms with Gasteiger partial charge in [0.1, 0.15) is 6.04 Å². The van der Waals surface area contributed by atoms with Crippen LogP contribution in [0.25, 0.3) is 0 Å². The van der Waals surface area contributed by atoms with E-state index in [0.717, 1.165) is 24.1 Å². The van der Waals surface area contributed by atoms with Gasteiger partial charge in [-0.1, -0.05) is 22.5 Å². The van der Waals surface area contributed by atoms with Gasteiger partial charge in [-0.3, -0.25) is 9.69 Å². The molecule has 14 heavy (non-hydrogen) atoms. The fourth-order valence-corrected chi connectivity index (χ4v) is 1.90. The van der Waals surface area contributed by atoms with E-state index in [9.17, 15) is 4.79 Å². The largest absolute Gasteiger partial charge is 0.358 e. The second-order valence-electron chi connectivity index (χ2n) is 3.32. The average Bonchev–Trinajstić information content (AvgIpc) is 2.16. The van der Waals surface area contributed by atoms with Crippen molar-refractivity contribution in [2.24, 2.45) is 0 Å². The molecule has 1 aliphatic heterocycles. The Hall–Kier alpha value is -0.390. The van der Waals surface area contributed by atoms with Gasteiger partial charge in [-0.15, -0.1) is 0 Å². The summed E-state index contributed by atoms with van der Waals surface area (Å²) in [5, 5.41) is 5.88. The number of hydrogen-bond donors (Lipinski definition) is 2. The van der Waals surface area contributed by atoms with Crippen molar-refractivity contribution in [1.29, 1.82) is 0 Å². The van der Waals surface area contributed by atoms with Gasteiger partial charge < -0.3 is 10.6 Å². The zero-order chi connectivity index (χ0) is 10.6. The lowest BCUT2D eigenvalue weighted by Gasteiger charge is -2.34. The molecule has 1 rings (SSSR count). The summed E-state index contributed by atoms with van der Waals surface area (Å²) >= 11 is 3.32. The number of carbonyl (C=O) groups is 1. The molecule has 0 aromatic carbocycles. The van der Waals surface area contributed by atoms with Crippen LogP contribution in [-0.2, 0) is 4.79 Å². The van der Waals surface area contributed by atoms with Crippen LogP contribution in [0, 0.1) is 0 Å². The molecule has 5 heteroatoms. The number of likely N-dealkylation sites (N-methyl/N-ethyl adjacent to an activating group) is 1. The molecule has 0 aromatic rings. The van der Waals surface area contributed by atoms with Gasteiger partial charge in [0, 0.05) is 37.7 Å². The van der Waals surface area contributed by atoms with E-state index in [1.165, 1.54) is 0 Å². The van der Waals surface area contributed by atoms with Gasteiger partial charge in [0.05, 0.1) is 0 Å². The molecular formula is C9H16BrN3O. The van der Waals surface area contributed by atoms with Crippen LogP contribution < -0.4 is 10.6 Å². The fourth-order valence-electron chi connectivity index (χ4n) is 1.58. The second-order valence-corrected chi connectivity index (χ2v) is 4.44. The molecule has 1 fully saturated rings. The van der Waals surface area contributed by atoms with Gasteiger partial charge >= 0.3 is 0 Å². The summed E-state index contributed by atoms with van der Waals surface area (Å²) in [6.45, 7) is 7.02. The van der Waals surface area contributed by atoms with E-state index in [-0.39, 0.29) is 11.9 Å². The lowest BCUT2D eigenvalue weighted by Crippen LogP contribution is -2.57. The molecule has 0 aliphatic carbocycles. The van der Waals surface area contributed by atoms with E-state index < -0.39 is 0 Å². The summed E-state index contributed by atoms with van der Waals surface area (Å²) < 4.78 is 0.910. The minimum absolute atomic E-state index is 0.0611. The van der Waals surface area contributed by atoms with Crippen molar-refractivity contribution in [3.05, 3.63) is 11.1 Å². The summed E-state index contributed by atoms with van der Waals surface area (Å²) in [7, 11) is 1.66. The smallest absolute Gasteiger partial charge is 0.238 e. The van der Waals surface area contributed by atoms with Crippen LogP contribution in [-0.4, -0.2) is 50.1 Å². The van der Waals surface area contributed by atoms with Gasteiger partial charge in [0.25, 0.3) is 0 Å². The number of amides is 1. The molecule has 1 saturated heterocycles. The highest BCUT2D eigenvalue weighted by molar-refractivity contribution is 9.11. The Labute approximate surface area is 92.9 Å². The Balaban J connectivity index is 2.58. The van der Waals surface area contributed by atoms with Crippen molar-refractivity contribution < 1.29 is 4.79 Å². The zero-order valence-electron chi connectivity index (χ0n) is 8.35. The van der Waals surface area contributed by atoms with Crippen LogP contribution in [0.2, 0.25) is 0 Å². The Kier molecular flexibility index (Phi) is 4.57. The quantitative estimate of drug-likeness (QED) is 0.747.